The molecule has 0 aromatic rings. The van der Waals surface area contributed by atoms with Crippen molar-refractivity contribution in [2.75, 3.05) is 0 Å². The van der Waals surface area contributed by atoms with Crippen LogP contribution in [0.4, 0.5) is 0 Å². The fourth-order valence-corrected chi connectivity index (χ4v) is 3.67. The Bertz CT molecular complexity index is 432. The summed E-state index contributed by atoms with van der Waals surface area (Å²) in [5, 5.41) is 30.7. The number of hydrogen-bond acceptors (Lipinski definition) is 5. The Morgan fingerprint density at radius 2 is 1.72 bits per heavy atom. The first kappa shape index (κ1) is 21.8. The molecule has 1 saturated carbocycles. The minimum atomic E-state index is -1.04. The third-order valence-electron chi connectivity index (χ3n) is 5.16. The van der Waals surface area contributed by atoms with Crippen LogP contribution in [0.1, 0.15) is 77.6 Å². The number of aliphatic hydroxyl groups is 2. The van der Waals surface area contributed by atoms with E-state index in [1.54, 1.807) is 0 Å². The molecule has 1 fully saturated rings. The van der Waals surface area contributed by atoms with Crippen molar-refractivity contribution in [1.82, 2.24) is 0 Å². The summed E-state index contributed by atoms with van der Waals surface area (Å²) in [7, 11) is 0. The van der Waals surface area contributed by atoms with Crippen molar-refractivity contribution in [3.8, 4) is 0 Å². The number of carbonyl (C=O) groups excluding carboxylic acids is 2. The molecule has 0 saturated heterocycles. The van der Waals surface area contributed by atoms with E-state index in [0.29, 0.717) is 44.9 Å². The van der Waals surface area contributed by atoms with Crippen molar-refractivity contribution >= 4 is 11.8 Å². The second-order valence-corrected chi connectivity index (χ2v) is 7.20. The average Bonchev–Trinajstić information content (AvgIpc) is 2.82. The smallest absolute Gasteiger partial charge is 0.132 e. The van der Waals surface area contributed by atoms with Gasteiger partial charge >= 0.3 is 0 Å². The number of carboxylic acid groups (broad SMARTS) is 1. The van der Waals surface area contributed by atoms with Crippen LogP contribution >= 0.6 is 0 Å². The highest BCUT2D eigenvalue weighted by Gasteiger charge is 2.40. The summed E-state index contributed by atoms with van der Waals surface area (Å²) < 4.78 is 0. The quantitative estimate of drug-likeness (QED) is 0.390. The highest BCUT2D eigenvalue weighted by molar-refractivity contribution is 5.78. The first-order valence-corrected chi connectivity index (χ1v) is 9.68. The molecule has 25 heavy (non-hydrogen) atoms. The summed E-state index contributed by atoms with van der Waals surface area (Å²) in [6.07, 6.45) is 9.91. The Morgan fingerprint density at radius 1 is 1.00 bits per heavy atom. The van der Waals surface area contributed by atoms with Crippen molar-refractivity contribution in [2.24, 2.45) is 11.8 Å². The number of allylic oxidation sites excluding steroid dienone is 2. The molecule has 0 aromatic heterocycles. The minimum Gasteiger partial charge on any atom is -0.550 e. The van der Waals surface area contributed by atoms with Gasteiger partial charge in [0.2, 0.25) is 0 Å². The molecule has 0 radical (unpaired) electrons. The van der Waals surface area contributed by atoms with Crippen molar-refractivity contribution in [1.29, 1.82) is 0 Å². The lowest BCUT2D eigenvalue weighted by Gasteiger charge is -2.22. The fraction of sp³-hybridized carbons (Fsp3) is 0.800. The van der Waals surface area contributed by atoms with Gasteiger partial charge in [0.1, 0.15) is 5.78 Å². The van der Waals surface area contributed by atoms with Gasteiger partial charge < -0.3 is 20.1 Å². The van der Waals surface area contributed by atoms with Gasteiger partial charge in [0.15, 0.2) is 0 Å². The van der Waals surface area contributed by atoms with Crippen LogP contribution < -0.4 is 5.11 Å². The Kier molecular flexibility index (Phi) is 10.7. The normalized spacial score (nSPS) is 26.4. The maximum absolute atomic E-state index is 11.9. The standard InChI is InChI=1S/C20H34O5/c1-2-3-6-9-15(21)12-13-17-16(18(22)14-19(17)23)10-7-4-5-8-11-20(24)25/h4,7,16-19,22-23H,2-3,5-6,8-14H2,1H3,(H,24,25)/p-1/b7-4-/t16-,17-,18+,19-/m1/s1. The Labute approximate surface area is 151 Å². The van der Waals surface area contributed by atoms with E-state index in [1.807, 2.05) is 12.2 Å². The number of ketones is 1. The Hall–Kier alpha value is -1.20. The first-order valence-electron chi connectivity index (χ1n) is 9.68. The lowest BCUT2D eigenvalue weighted by Crippen LogP contribution is -2.22. The number of hydrogen-bond donors (Lipinski definition) is 2. The first-order chi connectivity index (χ1) is 12.0. The van der Waals surface area contributed by atoms with E-state index in [2.05, 4.69) is 6.92 Å². The Balaban J connectivity index is 2.38. The minimum absolute atomic E-state index is 0.0316. The van der Waals surface area contributed by atoms with Crippen molar-refractivity contribution in [3.05, 3.63) is 12.2 Å². The summed E-state index contributed by atoms with van der Waals surface area (Å²) in [6, 6.07) is 0. The molecular weight excluding hydrogens is 320 g/mol. The molecule has 0 aromatic carbocycles. The number of aliphatic carboxylic acids is 1. The molecule has 144 valence electrons. The van der Waals surface area contributed by atoms with E-state index < -0.39 is 18.2 Å². The zero-order chi connectivity index (χ0) is 18.7. The van der Waals surface area contributed by atoms with Gasteiger partial charge in [-0.1, -0.05) is 31.9 Å². The topological polar surface area (TPSA) is 97.7 Å². The predicted molar refractivity (Wildman–Crippen MR) is 94.6 cm³/mol. The third kappa shape index (κ3) is 8.63. The van der Waals surface area contributed by atoms with E-state index in [-0.39, 0.29) is 24.0 Å². The van der Waals surface area contributed by atoms with E-state index in [1.165, 1.54) is 0 Å². The van der Waals surface area contributed by atoms with Crippen LogP contribution in [0.3, 0.4) is 0 Å². The Morgan fingerprint density at radius 3 is 2.40 bits per heavy atom. The monoisotopic (exact) mass is 353 g/mol. The van der Waals surface area contributed by atoms with Crippen LogP contribution in [0.5, 0.6) is 0 Å². The van der Waals surface area contributed by atoms with E-state index in [4.69, 9.17) is 0 Å². The molecule has 1 aliphatic rings. The zero-order valence-electron chi connectivity index (χ0n) is 15.4. The van der Waals surface area contributed by atoms with Crippen LogP contribution in [-0.2, 0) is 9.59 Å². The number of carbonyl (C=O) groups is 2. The molecule has 4 atom stereocenters. The summed E-state index contributed by atoms with van der Waals surface area (Å²) in [6.45, 7) is 2.11. The predicted octanol–water partition coefficient (Wildman–Crippen LogP) is 2.14. The molecule has 1 rings (SSSR count). The van der Waals surface area contributed by atoms with Gasteiger partial charge in [0.05, 0.1) is 12.2 Å². The molecule has 0 bridgehead atoms. The maximum atomic E-state index is 11.9. The summed E-state index contributed by atoms with van der Waals surface area (Å²) in [5.74, 6) is -0.862. The van der Waals surface area contributed by atoms with Crippen LogP contribution in [0.2, 0.25) is 0 Å². The SMILES string of the molecule is CCCCCC(=O)CC[C@@H]1[C@@H](C/C=C\CCCC(=O)[O-])[C@@H](O)C[C@H]1O. The van der Waals surface area contributed by atoms with Crippen LogP contribution in [0, 0.1) is 11.8 Å². The molecule has 1 aliphatic carbocycles. The lowest BCUT2D eigenvalue weighted by molar-refractivity contribution is -0.305. The summed E-state index contributed by atoms with van der Waals surface area (Å²) in [4.78, 5) is 22.3. The molecule has 0 amide bonds. The summed E-state index contributed by atoms with van der Waals surface area (Å²) >= 11 is 0. The fourth-order valence-electron chi connectivity index (χ4n) is 3.67. The van der Waals surface area contributed by atoms with Gasteiger partial charge in [-0.05, 0) is 56.8 Å². The molecule has 5 nitrogen and oxygen atoms in total. The van der Waals surface area contributed by atoms with E-state index >= 15 is 0 Å². The van der Waals surface area contributed by atoms with Crippen LogP contribution in [0.15, 0.2) is 12.2 Å². The second-order valence-electron chi connectivity index (χ2n) is 7.20. The lowest BCUT2D eigenvalue weighted by atomic mass is 9.86. The van der Waals surface area contributed by atoms with Crippen molar-refractivity contribution < 1.29 is 24.9 Å². The van der Waals surface area contributed by atoms with Gasteiger partial charge in [0, 0.05) is 18.8 Å². The number of rotatable bonds is 13. The van der Waals surface area contributed by atoms with Gasteiger partial charge in [-0.2, -0.15) is 0 Å². The van der Waals surface area contributed by atoms with Gasteiger partial charge in [-0.15, -0.1) is 0 Å². The molecule has 0 unspecified atom stereocenters. The molecular formula is C20H33O5-. The average molecular weight is 353 g/mol. The second kappa shape index (κ2) is 12.2. The van der Waals surface area contributed by atoms with Crippen LogP contribution in [-0.4, -0.2) is 34.2 Å². The highest BCUT2D eigenvalue weighted by atomic mass is 16.4. The third-order valence-corrected chi connectivity index (χ3v) is 5.16. The molecule has 5 heteroatoms. The van der Waals surface area contributed by atoms with Crippen molar-refractivity contribution in [3.63, 3.8) is 0 Å². The summed E-state index contributed by atoms with van der Waals surface area (Å²) in [5.41, 5.74) is 0. The van der Waals surface area contributed by atoms with E-state index in [9.17, 15) is 24.9 Å². The van der Waals surface area contributed by atoms with Gasteiger partial charge in [-0.25, -0.2) is 0 Å². The van der Waals surface area contributed by atoms with Gasteiger partial charge in [0.25, 0.3) is 0 Å². The van der Waals surface area contributed by atoms with Crippen LogP contribution in [0.25, 0.3) is 0 Å². The molecule has 0 aliphatic heterocycles. The molecule has 0 spiro atoms. The number of aliphatic hydroxyl groups excluding tert-OH is 2. The van der Waals surface area contributed by atoms with Crippen molar-refractivity contribution in [2.45, 2.75) is 89.8 Å². The van der Waals surface area contributed by atoms with E-state index in [0.717, 1.165) is 19.3 Å². The zero-order valence-corrected chi connectivity index (χ0v) is 15.4. The number of carboxylic acids is 1. The largest absolute Gasteiger partial charge is 0.550 e. The number of unbranched alkanes of at least 4 members (excludes halogenated alkanes) is 3. The number of Topliss-reactive ketones (excluding diaryl/α,β-unsaturated/α-hetero) is 1. The molecule has 2 N–H and O–H groups in total. The molecule has 0 heterocycles. The maximum Gasteiger partial charge on any atom is 0.132 e. The van der Waals surface area contributed by atoms with Gasteiger partial charge in [-0.3, -0.25) is 4.79 Å². The highest BCUT2D eigenvalue weighted by Crippen LogP contribution is 2.38.